The van der Waals surface area contributed by atoms with Gasteiger partial charge in [0.2, 0.25) is 0 Å². The molecule has 2 nitrogen and oxygen atoms in total. The maximum Gasteiger partial charge on any atom is 0.130 e. The van der Waals surface area contributed by atoms with Gasteiger partial charge in [-0.05, 0) is 43.1 Å². The highest BCUT2D eigenvalue weighted by atomic mass is 19.1. The molecule has 0 unspecified atom stereocenters. The zero-order chi connectivity index (χ0) is 13.0. The standard InChI is InChI=1S/C15H16FNO/c1-11-6-7-13(10-14(11)16)18-15-5-3-2-4-12(15)8-9-17/h2-7,10H,8-9,17H2,1H3. The topological polar surface area (TPSA) is 35.2 Å². The largest absolute Gasteiger partial charge is 0.457 e. The predicted octanol–water partition coefficient (Wildman–Crippen LogP) is 3.43. The van der Waals surface area contributed by atoms with Gasteiger partial charge in [0.25, 0.3) is 0 Å². The molecule has 0 aliphatic heterocycles. The Hall–Kier alpha value is -1.87. The molecule has 2 aromatic carbocycles. The number of nitrogens with two attached hydrogens (primary N) is 1. The molecule has 0 saturated carbocycles. The minimum atomic E-state index is -0.260. The van der Waals surface area contributed by atoms with E-state index in [1.54, 1.807) is 19.1 Å². The number of rotatable bonds is 4. The first-order chi connectivity index (χ1) is 8.70. The Morgan fingerprint density at radius 2 is 1.94 bits per heavy atom. The van der Waals surface area contributed by atoms with Crippen LogP contribution in [-0.2, 0) is 6.42 Å². The van der Waals surface area contributed by atoms with E-state index in [1.165, 1.54) is 6.07 Å². The summed E-state index contributed by atoms with van der Waals surface area (Å²) in [4.78, 5) is 0. The first-order valence-corrected chi connectivity index (χ1v) is 5.92. The average molecular weight is 245 g/mol. The SMILES string of the molecule is Cc1ccc(Oc2ccccc2CCN)cc1F. The van der Waals surface area contributed by atoms with Gasteiger partial charge in [-0.2, -0.15) is 0 Å². The van der Waals surface area contributed by atoms with Crippen molar-refractivity contribution in [2.75, 3.05) is 6.54 Å². The molecule has 2 aromatic rings. The van der Waals surface area contributed by atoms with Crippen LogP contribution in [0.2, 0.25) is 0 Å². The molecule has 0 radical (unpaired) electrons. The van der Waals surface area contributed by atoms with Gasteiger partial charge in [0.05, 0.1) is 0 Å². The molecule has 0 aromatic heterocycles. The van der Waals surface area contributed by atoms with Gasteiger partial charge in [0.15, 0.2) is 0 Å². The second kappa shape index (κ2) is 5.65. The first-order valence-electron chi connectivity index (χ1n) is 5.92. The lowest BCUT2D eigenvalue weighted by molar-refractivity contribution is 0.470. The molecule has 0 aliphatic rings. The van der Waals surface area contributed by atoms with Gasteiger partial charge >= 0.3 is 0 Å². The molecule has 0 amide bonds. The van der Waals surface area contributed by atoms with E-state index < -0.39 is 0 Å². The summed E-state index contributed by atoms with van der Waals surface area (Å²) in [6.07, 6.45) is 0.741. The smallest absolute Gasteiger partial charge is 0.130 e. The minimum absolute atomic E-state index is 0.260. The van der Waals surface area contributed by atoms with Gasteiger partial charge in [-0.3, -0.25) is 0 Å². The summed E-state index contributed by atoms with van der Waals surface area (Å²) in [5.74, 6) is 0.970. The molecular weight excluding hydrogens is 229 g/mol. The molecule has 0 spiro atoms. The van der Waals surface area contributed by atoms with Gasteiger partial charge in [-0.1, -0.05) is 24.3 Å². The molecule has 0 fully saturated rings. The molecule has 2 rings (SSSR count). The van der Waals surface area contributed by atoms with Crippen molar-refractivity contribution in [3.8, 4) is 11.5 Å². The van der Waals surface area contributed by atoms with Crippen molar-refractivity contribution in [3.63, 3.8) is 0 Å². The fourth-order valence-electron chi connectivity index (χ4n) is 1.73. The van der Waals surface area contributed by atoms with Crippen LogP contribution in [0.3, 0.4) is 0 Å². The monoisotopic (exact) mass is 245 g/mol. The van der Waals surface area contributed by atoms with E-state index in [9.17, 15) is 4.39 Å². The summed E-state index contributed by atoms with van der Waals surface area (Å²) < 4.78 is 19.1. The highest BCUT2D eigenvalue weighted by Gasteiger charge is 2.05. The van der Waals surface area contributed by atoms with E-state index >= 15 is 0 Å². The maximum absolute atomic E-state index is 13.4. The molecule has 0 bridgehead atoms. The number of para-hydroxylation sites is 1. The summed E-state index contributed by atoms with van der Waals surface area (Å²) in [6, 6.07) is 12.5. The van der Waals surface area contributed by atoms with Crippen LogP contribution < -0.4 is 10.5 Å². The Kier molecular flexibility index (Phi) is 3.95. The van der Waals surface area contributed by atoms with Crippen LogP contribution in [0.15, 0.2) is 42.5 Å². The van der Waals surface area contributed by atoms with E-state index in [0.717, 1.165) is 17.7 Å². The number of aryl methyl sites for hydroxylation is 1. The van der Waals surface area contributed by atoms with Crippen LogP contribution in [0.25, 0.3) is 0 Å². The fourth-order valence-corrected chi connectivity index (χ4v) is 1.73. The lowest BCUT2D eigenvalue weighted by Crippen LogP contribution is -2.03. The number of ether oxygens (including phenoxy) is 1. The van der Waals surface area contributed by atoms with E-state index in [0.29, 0.717) is 17.9 Å². The Morgan fingerprint density at radius 1 is 1.17 bits per heavy atom. The van der Waals surface area contributed by atoms with Crippen molar-refractivity contribution in [1.82, 2.24) is 0 Å². The molecule has 94 valence electrons. The highest BCUT2D eigenvalue weighted by molar-refractivity contribution is 5.39. The second-order valence-electron chi connectivity index (χ2n) is 4.16. The molecule has 0 aliphatic carbocycles. The zero-order valence-electron chi connectivity index (χ0n) is 10.3. The lowest BCUT2D eigenvalue weighted by atomic mass is 10.1. The van der Waals surface area contributed by atoms with Crippen molar-refractivity contribution < 1.29 is 9.13 Å². The van der Waals surface area contributed by atoms with E-state index in [1.807, 2.05) is 24.3 Å². The molecule has 0 atom stereocenters. The summed E-state index contributed by atoms with van der Waals surface area (Å²) >= 11 is 0. The first kappa shape index (κ1) is 12.6. The fraction of sp³-hybridized carbons (Fsp3) is 0.200. The molecule has 3 heteroatoms. The summed E-state index contributed by atoms with van der Waals surface area (Å²) in [5, 5.41) is 0. The van der Waals surface area contributed by atoms with Crippen molar-refractivity contribution in [2.24, 2.45) is 5.73 Å². The number of halogens is 1. The summed E-state index contributed by atoms with van der Waals surface area (Å²) in [5.41, 5.74) is 7.19. The minimum Gasteiger partial charge on any atom is -0.457 e. The Bertz CT molecular complexity index is 540. The molecular formula is C15H16FNO. The molecule has 0 heterocycles. The number of hydrogen-bond acceptors (Lipinski definition) is 2. The van der Waals surface area contributed by atoms with Gasteiger partial charge in [-0.15, -0.1) is 0 Å². The third kappa shape index (κ3) is 2.87. The Labute approximate surface area is 106 Å². The number of hydrogen-bond donors (Lipinski definition) is 1. The number of benzene rings is 2. The second-order valence-corrected chi connectivity index (χ2v) is 4.16. The third-order valence-corrected chi connectivity index (χ3v) is 2.76. The molecule has 2 N–H and O–H groups in total. The Balaban J connectivity index is 2.25. The van der Waals surface area contributed by atoms with Crippen molar-refractivity contribution in [3.05, 3.63) is 59.4 Å². The van der Waals surface area contributed by atoms with Crippen molar-refractivity contribution in [2.45, 2.75) is 13.3 Å². The molecule has 0 saturated heterocycles. The van der Waals surface area contributed by atoms with E-state index in [4.69, 9.17) is 10.5 Å². The van der Waals surface area contributed by atoms with Gasteiger partial charge in [0.1, 0.15) is 17.3 Å². The van der Waals surface area contributed by atoms with Crippen LogP contribution in [0.1, 0.15) is 11.1 Å². The average Bonchev–Trinajstić information content (AvgIpc) is 2.37. The zero-order valence-corrected chi connectivity index (χ0v) is 10.3. The van der Waals surface area contributed by atoms with E-state index in [2.05, 4.69) is 0 Å². The molecule has 18 heavy (non-hydrogen) atoms. The third-order valence-electron chi connectivity index (χ3n) is 2.76. The van der Waals surface area contributed by atoms with Crippen LogP contribution >= 0.6 is 0 Å². The van der Waals surface area contributed by atoms with Gasteiger partial charge in [-0.25, -0.2) is 4.39 Å². The predicted molar refractivity (Wildman–Crippen MR) is 70.4 cm³/mol. The summed E-state index contributed by atoms with van der Waals surface area (Å²) in [6.45, 7) is 2.28. The van der Waals surface area contributed by atoms with Crippen LogP contribution in [-0.4, -0.2) is 6.54 Å². The normalized spacial score (nSPS) is 10.4. The lowest BCUT2D eigenvalue weighted by Gasteiger charge is -2.11. The van der Waals surface area contributed by atoms with Crippen molar-refractivity contribution >= 4 is 0 Å². The Morgan fingerprint density at radius 3 is 2.67 bits per heavy atom. The van der Waals surface area contributed by atoms with Gasteiger partial charge < -0.3 is 10.5 Å². The maximum atomic E-state index is 13.4. The van der Waals surface area contributed by atoms with Crippen LogP contribution in [0.5, 0.6) is 11.5 Å². The van der Waals surface area contributed by atoms with E-state index in [-0.39, 0.29) is 5.82 Å². The van der Waals surface area contributed by atoms with Gasteiger partial charge in [0, 0.05) is 6.07 Å². The van der Waals surface area contributed by atoms with Crippen LogP contribution in [0.4, 0.5) is 4.39 Å². The quantitative estimate of drug-likeness (QED) is 0.895. The van der Waals surface area contributed by atoms with Crippen molar-refractivity contribution in [1.29, 1.82) is 0 Å². The highest BCUT2D eigenvalue weighted by Crippen LogP contribution is 2.26. The van der Waals surface area contributed by atoms with Crippen LogP contribution in [0, 0.1) is 12.7 Å². The summed E-state index contributed by atoms with van der Waals surface area (Å²) in [7, 11) is 0.